The highest BCUT2D eigenvalue weighted by molar-refractivity contribution is 9.10. The van der Waals surface area contributed by atoms with Crippen LogP contribution in [0.4, 0.5) is 0 Å². The van der Waals surface area contributed by atoms with Crippen LogP contribution in [0.3, 0.4) is 0 Å². The van der Waals surface area contributed by atoms with Gasteiger partial charge >= 0.3 is 0 Å². The molecule has 1 unspecified atom stereocenters. The average molecular weight is 318 g/mol. The smallest absolute Gasteiger partial charge is 0.251 e. The van der Waals surface area contributed by atoms with Gasteiger partial charge in [-0.1, -0.05) is 59.3 Å². The van der Waals surface area contributed by atoms with E-state index < -0.39 is 0 Å². The standard InChI is InChI=1S/C16H16BrNO/c1-12(13-6-3-2-4-7-13)11-18-16(19)14-8-5-9-15(17)10-14/h2-10,12H,11H2,1H3,(H,18,19). The van der Waals surface area contributed by atoms with Gasteiger partial charge in [0.1, 0.15) is 0 Å². The van der Waals surface area contributed by atoms with Crippen molar-refractivity contribution in [2.75, 3.05) is 6.54 Å². The molecular formula is C16H16BrNO. The van der Waals surface area contributed by atoms with Crippen LogP contribution in [0, 0.1) is 0 Å². The van der Waals surface area contributed by atoms with E-state index in [2.05, 4.69) is 40.3 Å². The van der Waals surface area contributed by atoms with Crippen molar-refractivity contribution < 1.29 is 4.79 Å². The summed E-state index contributed by atoms with van der Waals surface area (Å²) in [5.41, 5.74) is 1.91. The normalized spacial score (nSPS) is 11.9. The van der Waals surface area contributed by atoms with Crippen LogP contribution in [0.5, 0.6) is 0 Å². The first-order chi connectivity index (χ1) is 9.16. The third-order valence-corrected chi connectivity index (χ3v) is 3.52. The van der Waals surface area contributed by atoms with Crippen LogP contribution in [-0.2, 0) is 0 Å². The minimum Gasteiger partial charge on any atom is -0.351 e. The lowest BCUT2D eigenvalue weighted by Crippen LogP contribution is -2.27. The molecule has 0 fully saturated rings. The van der Waals surface area contributed by atoms with Crippen molar-refractivity contribution in [1.29, 1.82) is 0 Å². The average Bonchev–Trinajstić information content (AvgIpc) is 2.45. The molecule has 0 bridgehead atoms. The molecule has 0 saturated heterocycles. The first kappa shape index (κ1) is 13.8. The minimum atomic E-state index is -0.0379. The quantitative estimate of drug-likeness (QED) is 0.907. The lowest BCUT2D eigenvalue weighted by Gasteiger charge is -2.13. The van der Waals surface area contributed by atoms with E-state index in [1.54, 1.807) is 0 Å². The Morgan fingerprint density at radius 3 is 2.58 bits per heavy atom. The predicted octanol–water partition coefficient (Wildman–Crippen LogP) is 3.98. The maximum Gasteiger partial charge on any atom is 0.251 e. The lowest BCUT2D eigenvalue weighted by atomic mass is 10.0. The molecule has 1 N–H and O–H groups in total. The lowest BCUT2D eigenvalue weighted by molar-refractivity contribution is 0.0951. The molecule has 1 atom stereocenters. The first-order valence-electron chi connectivity index (χ1n) is 6.25. The summed E-state index contributed by atoms with van der Waals surface area (Å²) in [6.07, 6.45) is 0. The van der Waals surface area contributed by atoms with E-state index in [9.17, 15) is 4.79 Å². The third kappa shape index (κ3) is 3.93. The van der Waals surface area contributed by atoms with Gasteiger partial charge in [0, 0.05) is 16.6 Å². The molecule has 0 aliphatic heterocycles. The van der Waals surface area contributed by atoms with Crippen molar-refractivity contribution in [3.63, 3.8) is 0 Å². The van der Waals surface area contributed by atoms with Crippen LogP contribution in [0.15, 0.2) is 59.1 Å². The molecule has 2 aromatic carbocycles. The highest BCUT2D eigenvalue weighted by Crippen LogP contribution is 2.14. The van der Waals surface area contributed by atoms with Crippen LogP contribution >= 0.6 is 15.9 Å². The van der Waals surface area contributed by atoms with Crippen LogP contribution in [-0.4, -0.2) is 12.5 Å². The second-order valence-corrected chi connectivity index (χ2v) is 5.45. The highest BCUT2D eigenvalue weighted by atomic mass is 79.9. The van der Waals surface area contributed by atoms with Gasteiger partial charge in [0.05, 0.1) is 0 Å². The molecular weight excluding hydrogens is 302 g/mol. The van der Waals surface area contributed by atoms with Crippen LogP contribution in [0.1, 0.15) is 28.8 Å². The van der Waals surface area contributed by atoms with Crippen LogP contribution in [0.2, 0.25) is 0 Å². The Hall–Kier alpha value is -1.61. The van der Waals surface area contributed by atoms with Crippen molar-refractivity contribution >= 4 is 21.8 Å². The van der Waals surface area contributed by atoms with Gasteiger partial charge in [-0.3, -0.25) is 4.79 Å². The van der Waals surface area contributed by atoms with Crippen LogP contribution < -0.4 is 5.32 Å². The number of nitrogens with one attached hydrogen (secondary N) is 1. The molecule has 1 amide bonds. The van der Waals surface area contributed by atoms with Gasteiger partial charge in [0.15, 0.2) is 0 Å². The van der Waals surface area contributed by atoms with Gasteiger partial charge in [-0.15, -0.1) is 0 Å². The van der Waals surface area contributed by atoms with Gasteiger partial charge in [-0.05, 0) is 29.7 Å². The van der Waals surface area contributed by atoms with Gasteiger partial charge in [0.2, 0.25) is 0 Å². The molecule has 0 saturated carbocycles. The van der Waals surface area contributed by atoms with Gasteiger partial charge in [0.25, 0.3) is 5.91 Å². The number of rotatable bonds is 4. The zero-order valence-corrected chi connectivity index (χ0v) is 12.4. The van der Waals surface area contributed by atoms with Gasteiger partial charge in [-0.2, -0.15) is 0 Å². The predicted molar refractivity (Wildman–Crippen MR) is 81.3 cm³/mol. The zero-order chi connectivity index (χ0) is 13.7. The summed E-state index contributed by atoms with van der Waals surface area (Å²) in [4.78, 5) is 12.0. The van der Waals surface area contributed by atoms with E-state index in [1.165, 1.54) is 5.56 Å². The topological polar surface area (TPSA) is 29.1 Å². The first-order valence-corrected chi connectivity index (χ1v) is 7.05. The number of hydrogen-bond donors (Lipinski definition) is 1. The molecule has 0 spiro atoms. The van der Waals surface area contributed by atoms with Gasteiger partial charge in [-0.25, -0.2) is 0 Å². The Morgan fingerprint density at radius 1 is 1.16 bits per heavy atom. The van der Waals surface area contributed by atoms with Crippen LogP contribution in [0.25, 0.3) is 0 Å². The summed E-state index contributed by atoms with van der Waals surface area (Å²) in [7, 11) is 0. The second-order valence-electron chi connectivity index (χ2n) is 4.53. The van der Waals surface area contributed by atoms with Crippen molar-refractivity contribution in [3.8, 4) is 0 Å². The molecule has 2 aromatic rings. The highest BCUT2D eigenvalue weighted by Gasteiger charge is 2.09. The molecule has 2 rings (SSSR count). The Kier molecular flexibility index (Phi) is 4.74. The Morgan fingerprint density at radius 2 is 1.89 bits per heavy atom. The third-order valence-electron chi connectivity index (χ3n) is 3.02. The second kappa shape index (κ2) is 6.53. The summed E-state index contributed by atoms with van der Waals surface area (Å²) < 4.78 is 0.913. The fourth-order valence-corrected chi connectivity index (χ4v) is 2.28. The number of benzene rings is 2. The van der Waals surface area contributed by atoms with E-state index in [-0.39, 0.29) is 5.91 Å². The number of carbonyl (C=O) groups excluding carboxylic acids is 1. The van der Waals surface area contributed by atoms with Crippen molar-refractivity contribution in [2.24, 2.45) is 0 Å². The maximum atomic E-state index is 12.0. The summed E-state index contributed by atoms with van der Waals surface area (Å²) >= 11 is 3.37. The van der Waals surface area contributed by atoms with E-state index in [1.807, 2.05) is 42.5 Å². The molecule has 3 heteroatoms. The van der Waals surface area contributed by atoms with Crippen molar-refractivity contribution in [3.05, 3.63) is 70.2 Å². The summed E-state index contributed by atoms with van der Waals surface area (Å²) in [6, 6.07) is 17.6. The molecule has 0 heterocycles. The summed E-state index contributed by atoms with van der Waals surface area (Å²) in [5.74, 6) is 0.265. The fourth-order valence-electron chi connectivity index (χ4n) is 1.88. The molecule has 19 heavy (non-hydrogen) atoms. The molecule has 2 nitrogen and oxygen atoms in total. The zero-order valence-electron chi connectivity index (χ0n) is 10.8. The van der Waals surface area contributed by atoms with E-state index in [0.29, 0.717) is 18.0 Å². The van der Waals surface area contributed by atoms with Gasteiger partial charge < -0.3 is 5.32 Å². The Bertz CT molecular complexity index is 554. The van der Waals surface area contributed by atoms with E-state index in [0.717, 1.165) is 4.47 Å². The minimum absolute atomic E-state index is 0.0379. The Balaban J connectivity index is 1.94. The largest absolute Gasteiger partial charge is 0.351 e. The van der Waals surface area contributed by atoms with E-state index >= 15 is 0 Å². The SMILES string of the molecule is CC(CNC(=O)c1cccc(Br)c1)c1ccccc1. The van der Waals surface area contributed by atoms with Crippen molar-refractivity contribution in [1.82, 2.24) is 5.32 Å². The number of amides is 1. The Labute approximate surface area is 122 Å². The van der Waals surface area contributed by atoms with Crippen molar-refractivity contribution in [2.45, 2.75) is 12.8 Å². The molecule has 98 valence electrons. The molecule has 0 radical (unpaired) electrons. The molecule has 0 aromatic heterocycles. The fraction of sp³-hybridized carbons (Fsp3) is 0.188. The number of halogens is 1. The number of hydrogen-bond acceptors (Lipinski definition) is 1. The maximum absolute atomic E-state index is 12.0. The monoisotopic (exact) mass is 317 g/mol. The summed E-state index contributed by atoms with van der Waals surface area (Å²) in [6.45, 7) is 2.74. The number of carbonyl (C=O) groups is 1. The molecule has 0 aliphatic rings. The van der Waals surface area contributed by atoms with E-state index in [4.69, 9.17) is 0 Å². The summed E-state index contributed by atoms with van der Waals surface area (Å²) in [5, 5.41) is 2.96. The molecule has 0 aliphatic carbocycles.